The van der Waals surface area contributed by atoms with Gasteiger partial charge in [-0.3, -0.25) is 4.79 Å². The van der Waals surface area contributed by atoms with E-state index in [0.717, 1.165) is 37.9 Å². The highest BCUT2D eigenvalue weighted by atomic mass is 35.5. The molecule has 0 saturated carbocycles. The maximum Gasteiger partial charge on any atom is 0.430 e. The summed E-state index contributed by atoms with van der Waals surface area (Å²) in [7, 11) is -3.46. The predicted molar refractivity (Wildman–Crippen MR) is 126 cm³/mol. The Kier molecular flexibility index (Phi) is 10.8. The minimum absolute atomic E-state index is 0.0666. The van der Waals surface area contributed by atoms with E-state index in [0.29, 0.717) is 5.56 Å². The third-order valence-corrected chi connectivity index (χ3v) is 8.05. The van der Waals surface area contributed by atoms with Gasteiger partial charge in [0.1, 0.15) is 18.1 Å². The van der Waals surface area contributed by atoms with E-state index < -0.39 is 50.7 Å². The van der Waals surface area contributed by atoms with Gasteiger partial charge in [-0.05, 0) is 42.7 Å². The van der Waals surface area contributed by atoms with Crippen molar-refractivity contribution in [3.05, 3.63) is 64.2 Å². The summed E-state index contributed by atoms with van der Waals surface area (Å²) in [6.07, 6.45) is -7.16. The van der Waals surface area contributed by atoms with Crippen LogP contribution < -0.4 is 15.7 Å². The van der Waals surface area contributed by atoms with Gasteiger partial charge >= 0.3 is 12.4 Å². The first-order valence-electron chi connectivity index (χ1n) is 11.6. The lowest BCUT2D eigenvalue weighted by Gasteiger charge is -2.30. The topological polar surface area (TPSA) is 120 Å². The molecule has 0 spiro atoms. The predicted octanol–water partition coefficient (Wildman–Crippen LogP) is 3.04. The van der Waals surface area contributed by atoms with Crippen LogP contribution >= 0.6 is 11.6 Å². The Balaban J connectivity index is 0.000000673. The molecule has 1 fully saturated rings. The summed E-state index contributed by atoms with van der Waals surface area (Å²) >= 11 is 5.94. The van der Waals surface area contributed by atoms with Crippen LogP contribution in [0.15, 0.2) is 47.4 Å². The number of piperidine rings is 1. The molecule has 2 aromatic rings. The smallest absolute Gasteiger partial charge is 0.430 e. The molecule has 39 heavy (non-hydrogen) atoms. The van der Waals surface area contributed by atoms with Gasteiger partial charge in [-0.15, -0.1) is 0 Å². The highest BCUT2D eigenvalue weighted by Crippen LogP contribution is 2.36. The standard InChI is InChI=1S/C22H24ClF3N2O3S.C2HF3O2/c1-2-32(30,31)15-8-5-7-14(13-15)20(18-11-3-4-12-27-18)28-21(29)16-9-6-10-17(19(16)23)22(24,25)26;3-2(4,5)1(6)7/h5-10,13,18,20,27H,2-4,11-12H2,1H3,(H,28,29);(H,6,7). The third kappa shape index (κ3) is 8.83. The number of amides is 1. The van der Waals surface area contributed by atoms with Gasteiger partial charge in [0.2, 0.25) is 0 Å². The molecule has 1 amide bonds. The van der Waals surface area contributed by atoms with Crippen molar-refractivity contribution in [2.75, 3.05) is 12.3 Å². The molecule has 0 bridgehead atoms. The zero-order chi connectivity index (χ0) is 29.6. The second-order valence-electron chi connectivity index (χ2n) is 8.56. The van der Waals surface area contributed by atoms with Crippen LogP contribution in [0.1, 0.15) is 53.7 Å². The van der Waals surface area contributed by atoms with Gasteiger partial charge in [-0.1, -0.05) is 36.7 Å². The van der Waals surface area contributed by atoms with Crippen LogP contribution in [0.5, 0.6) is 0 Å². The number of carboxylic acid groups (broad SMARTS) is 1. The maximum absolute atomic E-state index is 13.2. The van der Waals surface area contributed by atoms with E-state index in [1.165, 1.54) is 18.2 Å². The van der Waals surface area contributed by atoms with Gasteiger partial charge in [-0.25, -0.2) is 8.42 Å². The second-order valence-corrected chi connectivity index (χ2v) is 11.2. The van der Waals surface area contributed by atoms with Crippen molar-refractivity contribution < 1.29 is 54.8 Å². The van der Waals surface area contributed by atoms with E-state index in [1.807, 2.05) is 0 Å². The molecule has 216 valence electrons. The molecule has 3 rings (SSSR count). The number of carbonyl (C=O) groups excluding carboxylic acids is 2. The molecule has 2 unspecified atom stereocenters. The Morgan fingerprint density at radius 1 is 1.10 bits per heavy atom. The zero-order valence-electron chi connectivity index (χ0n) is 20.4. The SMILES string of the molecule is CCS(=O)(=O)c1cccc(C(NC(=O)c2cccc(C(F)(F)F)c2Cl)C2CCCC[NH2+]2)c1.O=C([O-])C(F)(F)F. The fourth-order valence-corrected chi connectivity index (χ4v) is 5.18. The molecule has 0 aromatic heterocycles. The van der Waals surface area contributed by atoms with Crippen LogP contribution in [-0.4, -0.2) is 44.8 Å². The summed E-state index contributed by atoms with van der Waals surface area (Å²) in [6, 6.07) is 8.87. The number of hydrogen-bond acceptors (Lipinski definition) is 5. The minimum atomic E-state index is -5.19. The number of nitrogens with one attached hydrogen (secondary N) is 1. The normalized spacial score (nSPS) is 17.0. The Hall–Kier alpha value is -2.84. The number of aliphatic carboxylic acids is 1. The van der Waals surface area contributed by atoms with Gasteiger partial charge in [0.15, 0.2) is 9.84 Å². The van der Waals surface area contributed by atoms with Crippen LogP contribution in [0.4, 0.5) is 26.3 Å². The average molecular weight is 603 g/mol. The Morgan fingerprint density at radius 2 is 1.72 bits per heavy atom. The summed E-state index contributed by atoms with van der Waals surface area (Å²) < 4.78 is 95.9. The van der Waals surface area contributed by atoms with Gasteiger partial charge in [0.05, 0.1) is 33.3 Å². The first kappa shape index (κ1) is 32.4. The summed E-state index contributed by atoms with van der Waals surface area (Å²) in [6.45, 7) is 2.39. The minimum Gasteiger partial charge on any atom is -0.542 e. The van der Waals surface area contributed by atoms with Crippen LogP contribution in [0, 0.1) is 0 Å². The van der Waals surface area contributed by atoms with Crippen LogP contribution in [0.3, 0.4) is 0 Å². The lowest BCUT2D eigenvalue weighted by atomic mass is 9.92. The number of benzene rings is 2. The zero-order valence-corrected chi connectivity index (χ0v) is 22.0. The summed E-state index contributed by atoms with van der Waals surface area (Å²) in [4.78, 5) is 21.9. The molecule has 2 atom stereocenters. The number of halogens is 7. The number of carbonyl (C=O) groups is 2. The Morgan fingerprint density at radius 3 is 2.23 bits per heavy atom. The van der Waals surface area contributed by atoms with Crippen molar-refractivity contribution in [3.63, 3.8) is 0 Å². The molecule has 2 aromatic carbocycles. The number of quaternary nitrogens is 1. The van der Waals surface area contributed by atoms with Gasteiger partial charge in [0.25, 0.3) is 5.91 Å². The fourth-order valence-electron chi connectivity index (χ4n) is 3.93. The maximum atomic E-state index is 13.2. The quantitative estimate of drug-likeness (QED) is 0.493. The van der Waals surface area contributed by atoms with Gasteiger partial charge < -0.3 is 20.5 Å². The number of rotatable bonds is 6. The second kappa shape index (κ2) is 13.0. The number of carboxylic acids is 1. The highest BCUT2D eigenvalue weighted by molar-refractivity contribution is 7.91. The van der Waals surface area contributed by atoms with Crippen LogP contribution in [0.25, 0.3) is 0 Å². The molecular weight excluding hydrogens is 578 g/mol. The number of nitrogens with two attached hydrogens (primary N) is 1. The molecule has 0 radical (unpaired) electrons. The van der Waals surface area contributed by atoms with E-state index in [-0.39, 0.29) is 22.3 Å². The Labute approximate surface area is 225 Å². The number of hydrogen-bond donors (Lipinski definition) is 2. The largest absolute Gasteiger partial charge is 0.542 e. The van der Waals surface area contributed by atoms with Crippen molar-refractivity contribution in [1.82, 2.24) is 5.32 Å². The third-order valence-electron chi connectivity index (χ3n) is 5.91. The van der Waals surface area contributed by atoms with Gasteiger partial charge in [-0.2, -0.15) is 26.3 Å². The van der Waals surface area contributed by atoms with Crippen molar-refractivity contribution in [2.24, 2.45) is 0 Å². The highest BCUT2D eigenvalue weighted by Gasteiger charge is 2.36. The van der Waals surface area contributed by atoms with Crippen molar-refractivity contribution in [2.45, 2.75) is 55.5 Å². The van der Waals surface area contributed by atoms with Crippen molar-refractivity contribution in [1.29, 1.82) is 0 Å². The average Bonchev–Trinajstić information content (AvgIpc) is 2.87. The van der Waals surface area contributed by atoms with Gasteiger partial charge in [0, 0.05) is 6.42 Å². The van der Waals surface area contributed by atoms with E-state index >= 15 is 0 Å². The first-order valence-corrected chi connectivity index (χ1v) is 13.6. The molecule has 0 aliphatic carbocycles. The lowest BCUT2D eigenvalue weighted by Crippen LogP contribution is -2.93. The molecule has 1 aliphatic heterocycles. The lowest BCUT2D eigenvalue weighted by molar-refractivity contribution is -0.700. The monoisotopic (exact) mass is 602 g/mol. The molecular formula is C24H25ClF6N2O5S. The summed E-state index contributed by atoms with van der Waals surface area (Å²) in [5.41, 5.74) is -0.776. The van der Waals surface area contributed by atoms with Crippen LogP contribution in [-0.2, 0) is 20.8 Å². The molecule has 7 nitrogen and oxygen atoms in total. The molecule has 1 aliphatic rings. The van der Waals surface area contributed by atoms with Crippen molar-refractivity contribution >= 4 is 33.3 Å². The van der Waals surface area contributed by atoms with E-state index in [4.69, 9.17) is 21.5 Å². The molecule has 1 heterocycles. The number of sulfone groups is 1. The Bertz CT molecular complexity index is 1280. The van der Waals surface area contributed by atoms with E-state index in [1.54, 1.807) is 19.1 Å². The van der Waals surface area contributed by atoms with Crippen molar-refractivity contribution in [3.8, 4) is 0 Å². The summed E-state index contributed by atoms with van der Waals surface area (Å²) in [5.74, 6) is -3.82. The molecule has 1 saturated heterocycles. The molecule has 15 heteroatoms. The van der Waals surface area contributed by atoms with E-state index in [9.17, 15) is 39.6 Å². The van der Waals surface area contributed by atoms with E-state index in [2.05, 4.69) is 10.6 Å². The fraction of sp³-hybridized carbons (Fsp3) is 0.417. The summed E-state index contributed by atoms with van der Waals surface area (Å²) in [5, 5.41) is 13.0. The van der Waals surface area contributed by atoms with Crippen LogP contribution in [0.2, 0.25) is 5.02 Å². The first-order chi connectivity index (χ1) is 18.0. The molecule has 3 N–H and O–H groups in total. The number of alkyl halides is 6.